The molecule has 0 spiro atoms. The molecule has 0 unspecified atom stereocenters. The molecule has 4 aromatic rings. The summed E-state index contributed by atoms with van der Waals surface area (Å²) in [6.45, 7) is 3.73. The summed E-state index contributed by atoms with van der Waals surface area (Å²) in [5.74, 6) is -0.257. The number of nitrogens with two attached hydrogens (primary N) is 1. The van der Waals surface area contributed by atoms with E-state index in [4.69, 9.17) is 10.5 Å². The van der Waals surface area contributed by atoms with Crippen LogP contribution in [-0.4, -0.2) is 56.6 Å². The van der Waals surface area contributed by atoms with Gasteiger partial charge in [-0.25, -0.2) is 18.3 Å². The highest BCUT2D eigenvalue weighted by atomic mass is 19.1. The number of pyridine rings is 1. The molecule has 1 amide bonds. The molecule has 6 rings (SSSR count). The van der Waals surface area contributed by atoms with E-state index >= 15 is 8.78 Å². The first kappa shape index (κ1) is 30.3. The Bertz CT molecular complexity index is 1650. The minimum Gasteiger partial charge on any atom is -0.374 e. The van der Waals surface area contributed by atoms with Crippen molar-refractivity contribution in [2.24, 2.45) is 11.7 Å². The molecule has 232 valence electrons. The monoisotopic (exact) mass is 602 g/mol. The first-order chi connectivity index (χ1) is 21.1. The van der Waals surface area contributed by atoms with E-state index in [0.717, 1.165) is 55.2 Å². The van der Waals surface area contributed by atoms with Crippen molar-refractivity contribution in [3.05, 3.63) is 83.1 Å². The number of benzene rings is 1. The highest BCUT2D eigenvalue weighted by Gasteiger charge is 2.39. The number of aromatic nitrogens is 4. The van der Waals surface area contributed by atoms with E-state index in [2.05, 4.69) is 22.0 Å². The van der Waals surface area contributed by atoms with Gasteiger partial charge in [-0.2, -0.15) is 5.10 Å². The summed E-state index contributed by atoms with van der Waals surface area (Å²) >= 11 is 0. The molecule has 10 heteroatoms. The van der Waals surface area contributed by atoms with Crippen LogP contribution >= 0.6 is 0 Å². The van der Waals surface area contributed by atoms with Crippen LogP contribution in [0.1, 0.15) is 80.8 Å². The summed E-state index contributed by atoms with van der Waals surface area (Å²) < 4.78 is 38.6. The standard InChI is InChI=1S/C34H40F2N6O2/c1-20-13-22(14-29(37)33(20)41(3)21(2)43)26-9-12-38-18-23(26)15-31-39-19-25-7-8-30(40-42(25)31)32-27(35)16-24(17-28(32)36)34(44-4)10-5-6-11-34/h7-9,12,16-20,22,29,33H,5-6,10-11,13-15,37H2,1-4H3/t20-,22+,29+,33-/m0/s1. The Kier molecular flexibility index (Phi) is 8.24. The smallest absolute Gasteiger partial charge is 0.219 e. The molecule has 2 saturated carbocycles. The average molecular weight is 603 g/mol. The predicted molar refractivity (Wildman–Crippen MR) is 164 cm³/mol. The SMILES string of the molecule is COC1(c2cc(F)c(-c3ccc4cnc(Cc5cnccc5[C@H]5C[C@@H](N)[C@@H](N(C)C(C)=O)[C@@H](C)C5)n4n3)c(F)c2)CCCC1. The summed E-state index contributed by atoms with van der Waals surface area (Å²) in [6, 6.07) is 8.05. The summed E-state index contributed by atoms with van der Waals surface area (Å²) in [4.78, 5) is 22.9. The molecule has 3 heterocycles. The Hall–Kier alpha value is -3.76. The van der Waals surface area contributed by atoms with Crippen molar-refractivity contribution in [1.29, 1.82) is 0 Å². The van der Waals surface area contributed by atoms with Gasteiger partial charge >= 0.3 is 0 Å². The molecule has 0 radical (unpaired) electrons. The van der Waals surface area contributed by atoms with Crippen molar-refractivity contribution in [2.75, 3.05) is 14.2 Å². The van der Waals surface area contributed by atoms with Crippen molar-refractivity contribution < 1.29 is 18.3 Å². The summed E-state index contributed by atoms with van der Waals surface area (Å²) in [5, 5.41) is 4.67. The van der Waals surface area contributed by atoms with Gasteiger partial charge in [0.1, 0.15) is 17.5 Å². The second-order valence-electron chi connectivity index (χ2n) is 12.6. The van der Waals surface area contributed by atoms with Crippen molar-refractivity contribution >= 4 is 11.4 Å². The molecule has 2 fully saturated rings. The fourth-order valence-electron chi connectivity index (χ4n) is 7.69. The highest BCUT2D eigenvalue weighted by Crippen LogP contribution is 2.43. The van der Waals surface area contributed by atoms with Crippen LogP contribution in [0.25, 0.3) is 16.8 Å². The third-order valence-electron chi connectivity index (χ3n) is 9.99. The van der Waals surface area contributed by atoms with Gasteiger partial charge in [-0.15, -0.1) is 0 Å². The lowest BCUT2D eigenvalue weighted by molar-refractivity contribution is -0.131. The number of rotatable bonds is 7. The van der Waals surface area contributed by atoms with Crippen LogP contribution in [0, 0.1) is 17.6 Å². The Labute approximate surface area is 256 Å². The Morgan fingerprint density at radius 2 is 1.86 bits per heavy atom. The maximum Gasteiger partial charge on any atom is 0.219 e. The van der Waals surface area contributed by atoms with E-state index in [1.165, 1.54) is 12.1 Å². The molecule has 0 saturated heterocycles. The molecular formula is C34H40F2N6O2. The molecule has 1 aromatic carbocycles. The molecule has 2 aliphatic rings. The summed E-state index contributed by atoms with van der Waals surface area (Å²) in [5.41, 5.74) is 9.41. The lowest BCUT2D eigenvalue weighted by Crippen LogP contribution is -2.54. The number of fused-ring (bicyclic) bond motifs is 1. The Morgan fingerprint density at radius 1 is 1.14 bits per heavy atom. The van der Waals surface area contributed by atoms with Crippen LogP contribution in [0.4, 0.5) is 8.78 Å². The van der Waals surface area contributed by atoms with Gasteiger partial charge in [-0.05, 0) is 84.5 Å². The maximum atomic E-state index is 15.6. The third kappa shape index (κ3) is 5.38. The maximum absolute atomic E-state index is 15.6. The van der Waals surface area contributed by atoms with Gasteiger partial charge in [0.2, 0.25) is 5.91 Å². The number of imidazole rings is 1. The minimum absolute atomic E-state index is 0.0130. The van der Waals surface area contributed by atoms with Crippen molar-refractivity contribution in [1.82, 2.24) is 24.5 Å². The van der Waals surface area contributed by atoms with Gasteiger partial charge < -0.3 is 15.4 Å². The van der Waals surface area contributed by atoms with Gasteiger partial charge in [0.25, 0.3) is 0 Å². The highest BCUT2D eigenvalue weighted by molar-refractivity contribution is 5.73. The number of carbonyl (C=O) groups excluding carboxylic acids is 1. The van der Waals surface area contributed by atoms with Gasteiger partial charge in [-0.3, -0.25) is 9.78 Å². The molecule has 0 bridgehead atoms. The number of nitrogens with zero attached hydrogens (tertiary/aromatic N) is 5. The number of ether oxygens (including phenoxy) is 1. The fraction of sp³-hybridized carbons (Fsp3) is 0.471. The minimum atomic E-state index is -0.664. The second kappa shape index (κ2) is 12.0. The summed E-state index contributed by atoms with van der Waals surface area (Å²) in [7, 11) is 3.43. The average Bonchev–Trinajstić information content (AvgIpc) is 3.65. The van der Waals surface area contributed by atoms with E-state index in [-0.39, 0.29) is 41.1 Å². The molecule has 44 heavy (non-hydrogen) atoms. The van der Waals surface area contributed by atoms with Gasteiger partial charge in [0.05, 0.1) is 28.6 Å². The predicted octanol–water partition coefficient (Wildman–Crippen LogP) is 5.76. The van der Waals surface area contributed by atoms with E-state index < -0.39 is 17.2 Å². The fourth-order valence-corrected chi connectivity index (χ4v) is 7.69. The number of halogens is 2. The topological polar surface area (TPSA) is 98.6 Å². The second-order valence-corrected chi connectivity index (χ2v) is 12.6. The van der Waals surface area contributed by atoms with Crippen molar-refractivity contribution in [3.63, 3.8) is 0 Å². The lowest BCUT2D eigenvalue weighted by Gasteiger charge is -2.43. The van der Waals surface area contributed by atoms with Crippen LogP contribution in [0.2, 0.25) is 0 Å². The number of methoxy groups -OCH3 is 1. The molecule has 0 aliphatic heterocycles. The first-order valence-corrected chi connectivity index (χ1v) is 15.4. The molecule has 3 aromatic heterocycles. The van der Waals surface area contributed by atoms with Gasteiger partial charge in [-0.1, -0.05) is 19.8 Å². The number of hydrogen-bond donors (Lipinski definition) is 1. The molecule has 2 N–H and O–H groups in total. The largest absolute Gasteiger partial charge is 0.374 e. The molecule has 4 atom stereocenters. The zero-order chi connectivity index (χ0) is 31.2. The van der Waals surface area contributed by atoms with Gasteiger partial charge in [0.15, 0.2) is 0 Å². The molecule has 2 aliphatic carbocycles. The van der Waals surface area contributed by atoms with Crippen molar-refractivity contribution in [2.45, 2.75) is 82.4 Å². The number of amides is 1. The van der Waals surface area contributed by atoms with E-state index in [1.54, 1.807) is 48.0 Å². The van der Waals surface area contributed by atoms with E-state index in [1.807, 2.05) is 19.3 Å². The van der Waals surface area contributed by atoms with Crippen LogP contribution in [-0.2, 0) is 21.6 Å². The Morgan fingerprint density at radius 3 is 2.52 bits per heavy atom. The van der Waals surface area contributed by atoms with Gasteiger partial charge in [0, 0.05) is 52.0 Å². The Balaban J connectivity index is 1.30. The van der Waals surface area contributed by atoms with Crippen LogP contribution < -0.4 is 5.73 Å². The number of carbonyl (C=O) groups is 1. The number of hydrogen-bond acceptors (Lipinski definition) is 6. The van der Waals surface area contributed by atoms with Crippen LogP contribution in [0.5, 0.6) is 0 Å². The van der Waals surface area contributed by atoms with E-state index in [0.29, 0.717) is 17.8 Å². The van der Waals surface area contributed by atoms with Crippen molar-refractivity contribution in [3.8, 4) is 11.3 Å². The lowest BCUT2D eigenvalue weighted by atomic mass is 9.72. The first-order valence-electron chi connectivity index (χ1n) is 15.4. The van der Waals surface area contributed by atoms with E-state index in [9.17, 15) is 4.79 Å². The normalized spacial score (nSPS) is 23.2. The van der Waals surface area contributed by atoms with Crippen LogP contribution in [0.15, 0.2) is 48.9 Å². The quantitative estimate of drug-likeness (QED) is 0.289. The third-order valence-corrected chi connectivity index (χ3v) is 9.99. The molecular weight excluding hydrogens is 562 g/mol. The number of likely N-dealkylation sites (N-methyl/N-ethyl adjacent to an activating group) is 1. The van der Waals surface area contributed by atoms with Crippen LogP contribution in [0.3, 0.4) is 0 Å². The molecule has 8 nitrogen and oxygen atoms in total. The zero-order valence-corrected chi connectivity index (χ0v) is 25.8. The zero-order valence-electron chi connectivity index (χ0n) is 25.8. The summed E-state index contributed by atoms with van der Waals surface area (Å²) in [6.07, 6.45) is 10.8.